The van der Waals surface area contributed by atoms with E-state index in [4.69, 9.17) is 0 Å². The highest BCUT2D eigenvalue weighted by Crippen LogP contribution is 2.12. The van der Waals surface area contributed by atoms with Crippen molar-refractivity contribution in [3.05, 3.63) is 23.9 Å². The third-order valence-electron chi connectivity index (χ3n) is 2.52. The maximum Gasteiger partial charge on any atom is 0.225 e. The monoisotopic (exact) mass is 235 g/mol. The van der Waals surface area contributed by atoms with Gasteiger partial charge in [0, 0.05) is 19.2 Å². The van der Waals surface area contributed by atoms with Gasteiger partial charge in [-0.15, -0.1) is 0 Å². The molecule has 17 heavy (non-hydrogen) atoms. The van der Waals surface area contributed by atoms with Gasteiger partial charge in [-0.2, -0.15) is 0 Å². The predicted molar refractivity (Wildman–Crippen MR) is 70.2 cm³/mol. The van der Waals surface area contributed by atoms with Crippen LogP contribution in [0.2, 0.25) is 0 Å². The van der Waals surface area contributed by atoms with Crippen LogP contribution in [0, 0.1) is 6.92 Å². The first-order chi connectivity index (χ1) is 8.00. The van der Waals surface area contributed by atoms with E-state index >= 15 is 0 Å². The summed E-state index contributed by atoms with van der Waals surface area (Å²) in [7, 11) is 4.06. The molecule has 1 heterocycles. The number of carbonyl (C=O) groups is 1. The Morgan fingerprint density at radius 2 is 2.00 bits per heavy atom. The van der Waals surface area contributed by atoms with Crippen molar-refractivity contribution in [1.29, 1.82) is 0 Å². The van der Waals surface area contributed by atoms with Crippen molar-refractivity contribution >= 4 is 11.7 Å². The lowest BCUT2D eigenvalue weighted by Gasteiger charge is -2.21. The highest BCUT2D eigenvalue weighted by molar-refractivity contribution is 5.90. The van der Waals surface area contributed by atoms with Gasteiger partial charge in [-0.3, -0.25) is 9.69 Å². The Morgan fingerprint density at radius 1 is 1.29 bits per heavy atom. The van der Waals surface area contributed by atoms with Gasteiger partial charge in [-0.25, -0.2) is 4.98 Å². The van der Waals surface area contributed by atoms with E-state index in [2.05, 4.69) is 9.88 Å². The summed E-state index contributed by atoms with van der Waals surface area (Å²) in [6, 6.07) is 5.74. The fourth-order valence-corrected chi connectivity index (χ4v) is 1.66. The lowest BCUT2D eigenvalue weighted by molar-refractivity contribution is -0.116. The summed E-state index contributed by atoms with van der Waals surface area (Å²) in [5, 5.41) is 0. The van der Waals surface area contributed by atoms with Crippen LogP contribution in [0.1, 0.15) is 19.0 Å². The van der Waals surface area contributed by atoms with Crippen LogP contribution in [0.5, 0.6) is 0 Å². The molecular weight excluding hydrogens is 214 g/mol. The summed E-state index contributed by atoms with van der Waals surface area (Å²) in [5.74, 6) is 0.790. The van der Waals surface area contributed by atoms with Crippen molar-refractivity contribution in [3.8, 4) is 0 Å². The molecule has 0 atom stereocenters. The fourth-order valence-electron chi connectivity index (χ4n) is 1.66. The largest absolute Gasteiger partial charge is 0.309 e. The average Bonchev–Trinajstić information content (AvgIpc) is 2.23. The van der Waals surface area contributed by atoms with Gasteiger partial charge in [0.05, 0.1) is 0 Å². The van der Waals surface area contributed by atoms with E-state index in [9.17, 15) is 4.79 Å². The van der Waals surface area contributed by atoms with E-state index < -0.39 is 0 Å². The standard InChI is InChI=1S/C13H21N3O/c1-11-7-5-8-13(14-11)16(12(2)17)10-6-9-15(3)4/h5,7-8H,6,9-10H2,1-4H3. The van der Waals surface area contributed by atoms with Gasteiger partial charge < -0.3 is 4.90 Å². The first kappa shape index (κ1) is 13.6. The molecule has 1 aromatic heterocycles. The molecular formula is C13H21N3O. The third-order valence-corrected chi connectivity index (χ3v) is 2.52. The number of amides is 1. The Labute approximate surface area is 103 Å². The lowest BCUT2D eigenvalue weighted by atomic mass is 10.3. The number of carbonyl (C=O) groups excluding carboxylic acids is 1. The number of hydrogen-bond donors (Lipinski definition) is 0. The summed E-state index contributed by atoms with van der Waals surface area (Å²) >= 11 is 0. The number of hydrogen-bond acceptors (Lipinski definition) is 3. The molecule has 0 saturated carbocycles. The number of nitrogens with zero attached hydrogens (tertiary/aromatic N) is 3. The zero-order valence-corrected chi connectivity index (χ0v) is 11.1. The molecule has 4 heteroatoms. The molecule has 4 nitrogen and oxygen atoms in total. The van der Waals surface area contributed by atoms with Gasteiger partial charge in [0.25, 0.3) is 0 Å². The zero-order valence-electron chi connectivity index (χ0n) is 11.1. The van der Waals surface area contributed by atoms with Gasteiger partial charge >= 0.3 is 0 Å². The van der Waals surface area contributed by atoms with Gasteiger partial charge in [-0.1, -0.05) is 6.07 Å². The normalized spacial score (nSPS) is 10.6. The van der Waals surface area contributed by atoms with Gasteiger partial charge in [0.15, 0.2) is 0 Å². The second-order valence-electron chi connectivity index (χ2n) is 4.46. The molecule has 0 aliphatic heterocycles. The van der Waals surface area contributed by atoms with E-state index in [1.165, 1.54) is 0 Å². The second kappa shape index (κ2) is 6.35. The molecule has 0 N–H and O–H groups in total. The number of anilines is 1. The van der Waals surface area contributed by atoms with E-state index in [1.807, 2.05) is 39.2 Å². The van der Waals surface area contributed by atoms with Crippen molar-refractivity contribution in [2.45, 2.75) is 20.3 Å². The van der Waals surface area contributed by atoms with Crippen LogP contribution in [0.25, 0.3) is 0 Å². The van der Waals surface area contributed by atoms with Crippen molar-refractivity contribution in [3.63, 3.8) is 0 Å². The van der Waals surface area contributed by atoms with Crippen molar-refractivity contribution in [2.75, 3.05) is 32.1 Å². The van der Waals surface area contributed by atoms with E-state index in [0.717, 1.165) is 24.5 Å². The van der Waals surface area contributed by atoms with Gasteiger partial charge in [0.1, 0.15) is 5.82 Å². The Balaban J connectivity index is 2.69. The highest BCUT2D eigenvalue weighted by atomic mass is 16.2. The Hall–Kier alpha value is -1.42. The SMILES string of the molecule is CC(=O)N(CCCN(C)C)c1cccc(C)n1. The summed E-state index contributed by atoms with van der Waals surface area (Å²) in [4.78, 5) is 19.8. The molecule has 0 fully saturated rings. The van der Waals surface area contributed by atoms with Gasteiger partial charge in [0.2, 0.25) is 5.91 Å². The number of aromatic nitrogens is 1. The Kier molecular flexibility index (Phi) is 5.10. The lowest BCUT2D eigenvalue weighted by Crippen LogP contribution is -2.32. The highest BCUT2D eigenvalue weighted by Gasteiger charge is 2.12. The smallest absolute Gasteiger partial charge is 0.225 e. The molecule has 1 aromatic rings. The Bertz CT molecular complexity index is 377. The minimum atomic E-state index is 0.0434. The van der Waals surface area contributed by atoms with Crippen LogP contribution < -0.4 is 4.90 Å². The molecule has 0 aliphatic rings. The van der Waals surface area contributed by atoms with Crippen molar-refractivity contribution < 1.29 is 4.79 Å². The van der Waals surface area contributed by atoms with E-state index in [0.29, 0.717) is 6.54 Å². The van der Waals surface area contributed by atoms with Crippen LogP contribution >= 0.6 is 0 Å². The molecule has 0 saturated heterocycles. The molecule has 1 amide bonds. The first-order valence-corrected chi connectivity index (χ1v) is 5.87. The molecule has 94 valence electrons. The summed E-state index contributed by atoms with van der Waals surface area (Å²) in [6.45, 7) is 5.20. The summed E-state index contributed by atoms with van der Waals surface area (Å²) in [6.07, 6.45) is 0.947. The average molecular weight is 235 g/mol. The maximum atomic E-state index is 11.6. The minimum Gasteiger partial charge on any atom is -0.309 e. The minimum absolute atomic E-state index is 0.0434. The summed E-state index contributed by atoms with van der Waals surface area (Å²) < 4.78 is 0. The predicted octanol–water partition coefficient (Wildman–Crippen LogP) is 1.69. The molecule has 0 spiro atoms. The van der Waals surface area contributed by atoms with Crippen LogP contribution in [-0.2, 0) is 4.79 Å². The molecule has 1 rings (SSSR count). The Morgan fingerprint density at radius 3 is 2.53 bits per heavy atom. The van der Waals surface area contributed by atoms with Crippen LogP contribution in [-0.4, -0.2) is 43.0 Å². The molecule has 0 aliphatic carbocycles. The molecule has 0 unspecified atom stereocenters. The molecule has 0 aromatic carbocycles. The number of rotatable bonds is 5. The molecule has 0 bridgehead atoms. The van der Waals surface area contributed by atoms with Crippen molar-refractivity contribution in [1.82, 2.24) is 9.88 Å². The summed E-state index contributed by atoms with van der Waals surface area (Å²) in [5.41, 5.74) is 0.932. The van der Waals surface area contributed by atoms with Gasteiger partial charge in [-0.05, 0) is 46.1 Å². The first-order valence-electron chi connectivity index (χ1n) is 5.87. The fraction of sp³-hybridized carbons (Fsp3) is 0.538. The van der Waals surface area contributed by atoms with E-state index in [-0.39, 0.29) is 5.91 Å². The maximum absolute atomic E-state index is 11.6. The third kappa shape index (κ3) is 4.53. The number of aryl methyl sites for hydroxylation is 1. The quantitative estimate of drug-likeness (QED) is 0.779. The van der Waals surface area contributed by atoms with Crippen LogP contribution in [0.15, 0.2) is 18.2 Å². The zero-order chi connectivity index (χ0) is 12.8. The second-order valence-corrected chi connectivity index (χ2v) is 4.46. The molecule has 0 radical (unpaired) electrons. The van der Waals surface area contributed by atoms with E-state index in [1.54, 1.807) is 11.8 Å². The van der Waals surface area contributed by atoms with Crippen LogP contribution in [0.3, 0.4) is 0 Å². The van der Waals surface area contributed by atoms with Crippen molar-refractivity contribution in [2.24, 2.45) is 0 Å². The topological polar surface area (TPSA) is 36.4 Å². The number of pyridine rings is 1. The van der Waals surface area contributed by atoms with Crippen LogP contribution in [0.4, 0.5) is 5.82 Å².